The van der Waals surface area contributed by atoms with Crippen molar-refractivity contribution < 1.29 is 8.42 Å². The Hall–Kier alpha value is -1.06. The summed E-state index contributed by atoms with van der Waals surface area (Å²) >= 11 is 5.72. The molecule has 0 aliphatic carbocycles. The quantitative estimate of drug-likeness (QED) is 0.560. The zero-order valence-corrected chi connectivity index (χ0v) is 11.8. The Morgan fingerprint density at radius 1 is 1.11 bits per heavy atom. The van der Waals surface area contributed by atoms with Crippen LogP contribution in [-0.2, 0) is 9.84 Å². The molecule has 0 radical (unpaired) electrons. The molecule has 98 valence electrons. The highest BCUT2D eigenvalue weighted by molar-refractivity contribution is 7.91. The molecule has 0 bridgehead atoms. The summed E-state index contributed by atoms with van der Waals surface area (Å²) < 4.78 is 23.8. The minimum atomic E-state index is -3.24. The summed E-state index contributed by atoms with van der Waals surface area (Å²) in [6.07, 6.45) is 8.29. The van der Waals surface area contributed by atoms with Gasteiger partial charge in [-0.1, -0.05) is 29.8 Å². The van der Waals surface area contributed by atoms with Crippen LogP contribution in [0.2, 0.25) is 5.02 Å². The van der Waals surface area contributed by atoms with E-state index in [0.29, 0.717) is 9.92 Å². The summed E-state index contributed by atoms with van der Waals surface area (Å²) in [5, 5.41) is 0.536. The Morgan fingerprint density at radius 3 is 2.39 bits per heavy atom. The van der Waals surface area contributed by atoms with Crippen LogP contribution >= 0.6 is 11.6 Å². The molecular formula is C14H17ClO2S. The van der Waals surface area contributed by atoms with Crippen LogP contribution in [0.3, 0.4) is 0 Å². The third-order valence-corrected chi connectivity index (χ3v) is 4.31. The number of allylic oxidation sites excluding steroid dienone is 2. The first kappa shape index (κ1) is 15.0. The molecule has 0 saturated carbocycles. The monoisotopic (exact) mass is 284 g/mol. The number of halogens is 1. The molecule has 0 unspecified atom stereocenters. The molecule has 18 heavy (non-hydrogen) atoms. The van der Waals surface area contributed by atoms with Gasteiger partial charge in [0, 0.05) is 5.02 Å². The maximum atomic E-state index is 11.9. The maximum absolute atomic E-state index is 11.9. The fraction of sp³-hybridized carbons (Fsp3) is 0.286. The third kappa shape index (κ3) is 5.07. The van der Waals surface area contributed by atoms with E-state index >= 15 is 0 Å². The lowest BCUT2D eigenvalue weighted by molar-refractivity contribution is 0.599. The molecule has 0 saturated heterocycles. The highest BCUT2D eigenvalue weighted by Gasteiger charge is 2.11. The topological polar surface area (TPSA) is 34.1 Å². The average molecular weight is 285 g/mol. The van der Waals surface area contributed by atoms with Crippen molar-refractivity contribution >= 4 is 21.4 Å². The Balaban J connectivity index is 2.54. The normalized spacial score (nSPS) is 11.8. The SMILES string of the molecule is C=CCCC/C=C/CS(=O)(=O)c1ccc(Cl)cc1. The number of sulfone groups is 1. The van der Waals surface area contributed by atoms with Crippen molar-refractivity contribution in [3.8, 4) is 0 Å². The Kier molecular flexibility index (Phi) is 6.16. The highest BCUT2D eigenvalue weighted by atomic mass is 35.5. The standard InChI is InChI=1S/C14H17ClO2S/c1-2-3-4-5-6-7-12-18(16,17)14-10-8-13(15)9-11-14/h2,6-11H,1,3-5,12H2/b7-6+. The molecule has 0 fully saturated rings. The predicted molar refractivity (Wildman–Crippen MR) is 76.7 cm³/mol. The van der Waals surface area contributed by atoms with Gasteiger partial charge in [0.1, 0.15) is 0 Å². The van der Waals surface area contributed by atoms with Crippen molar-refractivity contribution in [2.75, 3.05) is 5.75 Å². The lowest BCUT2D eigenvalue weighted by Crippen LogP contribution is -2.04. The van der Waals surface area contributed by atoms with E-state index < -0.39 is 9.84 Å². The molecule has 0 aliphatic heterocycles. The first-order chi connectivity index (χ1) is 8.56. The van der Waals surface area contributed by atoms with Crippen LogP contribution in [0.25, 0.3) is 0 Å². The van der Waals surface area contributed by atoms with Crippen LogP contribution in [0, 0.1) is 0 Å². The smallest absolute Gasteiger partial charge is 0.181 e. The van der Waals surface area contributed by atoms with E-state index in [4.69, 9.17) is 11.6 Å². The average Bonchev–Trinajstić information content (AvgIpc) is 2.34. The van der Waals surface area contributed by atoms with Gasteiger partial charge in [-0.2, -0.15) is 0 Å². The Labute approximate surface area is 114 Å². The van der Waals surface area contributed by atoms with E-state index in [2.05, 4.69) is 6.58 Å². The van der Waals surface area contributed by atoms with Gasteiger partial charge in [0.05, 0.1) is 10.6 Å². The molecular weight excluding hydrogens is 268 g/mol. The van der Waals surface area contributed by atoms with Gasteiger partial charge in [-0.3, -0.25) is 0 Å². The third-order valence-electron chi connectivity index (χ3n) is 2.43. The first-order valence-corrected chi connectivity index (χ1v) is 7.83. The van der Waals surface area contributed by atoms with Crippen LogP contribution in [0.1, 0.15) is 19.3 Å². The first-order valence-electron chi connectivity index (χ1n) is 5.80. The second-order valence-electron chi connectivity index (χ2n) is 3.93. The largest absolute Gasteiger partial charge is 0.223 e. The Bertz CT molecular complexity index is 501. The number of rotatable bonds is 7. The summed E-state index contributed by atoms with van der Waals surface area (Å²) in [7, 11) is -3.24. The van der Waals surface area contributed by atoms with Gasteiger partial charge in [0.25, 0.3) is 0 Å². The van der Waals surface area contributed by atoms with E-state index in [-0.39, 0.29) is 5.75 Å². The van der Waals surface area contributed by atoms with Gasteiger partial charge in [-0.25, -0.2) is 8.42 Å². The fourth-order valence-corrected chi connectivity index (χ4v) is 2.69. The molecule has 0 spiro atoms. The van der Waals surface area contributed by atoms with Gasteiger partial charge in [0.15, 0.2) is 9.84 Å². The van der Waals surface area contributed by atoms with Crippen LogP contribution in [0.4, 0.5) is 0 Å². The summed E-state index contributed by atoms with van der Waals surface area (Å²) in [5.41, 5.74) is 0. The van der Waals surface area contributed by atoms with E-state index in [1.165, 1.54) is 12.1 Å². The summed E-state index contributed by atoms with van der Waals surface area (Å²) in [6.45, 7) is 3.63. The minimum absolute atomic E-state index is 0.0305. The number of hydrogen-bond acceptors (Lipinski definition) is 2. The van der Waals surface area contributed by atoms with E-state index in [1.54, 1.807) is 18.2 Å². The molecule has 1 aromatic rings. The van der Waals surface area contributed by atoms with E-state index in [0.717, 1.165) is 19.3 Å². The Morgan fingerprint density at radius 2 is 1.78 bits per heavy atom. The van der Waals surface area contributed by atoms with Crippen LogP contribution in [0.15, 0.2) is 54.0 Å². The molecule has 1 rings (SSSR count). The summed E-state index contributed by atoms with van der Waals surface area (Å²) in [4.78, 5) is 0.308. The number of hydrogen-bond donors (Lipinski definition) is 0. The van der Waals surface area contributed by atoms with Gasteiger partial charge in [-0.05, 0) is 43.5 Å². The van der Waals surface area contributed by atoms with Crippen molar-refractivity contribution in [1.29, 1.82) is 0 Å². The molecule has 0 atom stereocenters. The molecule has 1 aromatic carbocycles. The predicted octanol–water partition coefficient (Wildman–Crippen LogP) is 4.03. The zero-order chi connectivity index (χ0) is 13.4. The van der Waals surface area contributed by atoms with Crippen LogP contribution in [-0.4, -0.2) is 14.2 Å². The van der Waals surface area contributed by atoms with Gasteiger partial charge < -0.3 is 0 Å². The van der Waals surface area contributed by atoms with Crippen molar-refractivity contribution in [1.82, 2.24) is 0 Å². The zero-order valence-electron chi connectivity index (χ0n) is 10.2. The molecule has 4 heteroatoms. The lowest BCUT2D eigenvalue weighted by Gasteiger charge is -2.01. The fourth-order valence-electron chi connectivity index (χ4n) is 1.43. The van der Waals surface area contributed by atoms with E-state index in [9.17, 15) is 8.42 Å². The molecule has 0 aliphatic rings. The van der Waals surface area contributed by atoms with Crippen molar-refractivity contribution in [2.45, 2.75) is 24.2 Å². The second kappa shape index (κ2) is 7.39. The van der Waals surface area contributed by atoms with Gasteiger partial charge in [-0.15, -0.1) is 6.58 Å². The summed E-state index contributed by atoms with van der Waals surface area (Å²) in [5.74, 6) is 0.0305. The molecule has 0 aromatic heterocycles. The molecule has 0 amide bonds. The number of unbranched alkanes of at least 4 members (excludes halogenated alkanes) is 2. The maximum Gasteiger partial charge on any atom is 0.181 e. The molecule has 2 nitrogen and oxygen atoms in total. The van der Waals surface area contributed by atoms with Crippen molar-refractivity contribution in [2.24, 2.45) is 0 Å². The van der Waals surface area contributed by atoms with Gasteiger partial charge >= 0.3 is 0 Å². The van der Waals surface area contributed by atoms with Crippen LogP contribution < -0.4 is 0 Å². The highest BCUT2D eigenvalue weighted by Crippen LogP contribution is 2.15. The van der Waals surface area contributed by atoms with E-state index in [1.807, 2.05) is 12.2 Å². The second-order valence-corrected chi connectivity index (χ2v) is 6.40. The van der Waals surface area contributed by atoms with Crippen molar-refractivity contribution in [3.63, 3.8) is 0 Å². The molecule has 0 N–H and O–H groups in total. The van der Waals surface area contributed by atoms with Crippen molar-refractivity contribution in [3.05, 3.63) is 54.1 Å². The minimum Gasteiger partial charge on any atom is -0.223 e. The number of benzene rings is 1. The van der Waals surface area contributed by atoms with Gasteiger partial charge in [0.2, 0.25) is 0 Å². The molecule has 0 heterocycles. The lowest BCUT2D eigenvalue weighted by atomic mass is 10.2. The van der Waals surface area contributed by atoms with Crippen LogP contribution in [0.5, 0.6) is 0 Å². The summed E-state index contributed by atoms with van der Waals surface area (Å²) in [6, 6.07) is 6.23.